The highest BCUT2D eigenvalue weighted by atomic mass is 32.1. The molecule has 0 spiro atoms. The van der Waals surface area contributed by atoms with Gasteiger partial charge in [0, 0.05) is 94.0 Å². The van der Waals surface area contributed by atoms with Crippen LogP contribution >= 0.6 is 11.3 Å². The summed E-state index contributed by atoms with van der Waals surface area (Å²) in [6, 6.07) is 90.8. The van der Waals surface area contributed by atoms with Crippen molar-refractivity contribution in [2.75, 3.05) is 14.7 Å². The molecule has 15 aromatic rings. The summed E-state index contributed by atoms with van der Waals surface area (Å²) in [7, 11) is 0. The van der Waals surface area contributed by atoms with Crippen LogP contribution in [0.1, 0.15) is 70.7 Å². The molecule has 0 bridgehead atoms. The monoisotopic (exact) mass is 1270 g/mol. The second kappa shape index (κ2) is 23.0. The van der Waals surface area contributed by atoms with E-state index in [9.17, 15) is 13.3 Å². The number of nitriles is 2. The van der Waals surface area contributed by atoms with E-state index in [0.29, 0.717) is 34.0 Å². The first-order valence-electron chi connectivity index (χ1n) is 35.2. The van der Waals surface area contributed by atoms with Crippen molar-refractivity contribution >= 4 is 128 Å². The van der Waals surface area contributed by atoms with Crippen molar-refractivity contribution in [1.82, 2.24) is 4.57 Å². The van der Waals surface area contributed by atoms with Gasteiger partial charge in [0.05, 0.1) is 58.2 Å². The number of benzene rings is 13. The molecule has 0 radical (unpaired) electrons. The maximum Gasteiger partial charge on any atom is 0.258 e. The number of fused-ring (bicyclic) bond motifs is 11. The molecule has 4 heterocycles. The minimum Gasteiger partial charge on any atom is -0.458 e. The molecule has 2 aliphatic heterocycles. The van der Waals surface area contributed by atoms with Crippen molar-refractivity contribution in [3.63, 3.8) is 0 Å². The van der Waals surface area contributed by atoms with Crippen LogP contribution in [0.15, 0.2) is 285 Å². The second-order valence-corrected chi connectivity index (χ2v) is 28.2. The highest BCUT2D eigenvalue weighted by molar-refractivity contribution is 7.28. The van der Waals surface area contributed by atoms with Crippen LogP contribution in [0.3, 0.4) is 0 Å². The standard InChI is InChI=1S/C88H65BN6OS/c1-87(2,3)60-38-46-74-71(48-60)72-49-61(88(4,5)6)39-47-75(72)94(74)67-50-77-83-80(52-67)96-79-51-66(92(62-26-15-9-16-27-62)64-40-34-56(54-90)35-41-64)44-45-73(79)89(83)84-78(95(77)85-68(58-22-11-7-12-23-58)31-21-32-69(85)59-24-13-8-14-25-59)53-76(82-70-30-19-20-33-81(70)97-86(82)84)93(63-28-17-10-18-29-63)65-42-36-57(55-91)37-43-65/h7-53H,1-6H3/i9D,15D,16D,26D,27D. The molecule has 7 nitrogen and oxygen atoms in total. The average molecular weight is 1270 g/mol. The Morgan fingerprint density at radius 3 is 1.59 bits per heavy atom. The SMILES string of the molecule is [2H]c1c([2H])c([2H])c(N(c2ccc(C#N)cc2)c2ccc3c(c2)Oc2cc(-n4c5ccc(C(C)(C)C)cc5c5cc(C(C)(C)C)ccc54)cc4c2B3c2c(cc(N(c3ccccc3)c3ccc(C#N)cc3)c3c2sc2ccccc23)N4c2c(-c3ccccc3)cccc2-c2ccccc2)c([2H])c1[2H]. The number of anilines is 9. The van der Waals surface area contributed by atoms with E-state index in [1.165, 1.54) is 11.1 Å². The summed E-state index contributed by atoms with van der Waals surface area (Å²) in [4.78, 5) is 6.53. The molecule has 0 N–H and O–H groups in total. The van der Waals surface area contributed by atoms with E-state index in [-0.39, 0.29) is 28.6 Å². The summed E-state index contributed by atoms with van der Waals surface area (Å²) >= 11 is 1.76. The first-order valence-corrected chi connectivity index (χ1v) is 33.5. The number of ether oxygens (including phenoxy) is 1. The molecule has 0 saturated carbocycles. The number of nitrogens with zero attached hydrogens (tertiary/aromatic N) is 6. The summed E-state index contributed by atoms with van der Waals surface area (Å²) in [5.74, 6) is 1.11. The average Bonchev–Trinajstić information content (AvgIpc) is 1.13. The van der Waals surface area contributed by atoms with Crippen LogP contribution < -0.4 is 35.8 Å². The molecule has 9 heteroatoms. The van der Waals surface area contributed by atoms with Gasteiger partial charge in [-0.05, 0) is 171 Å². The van der Waals surface area contributed by atoms with Crippen molar-refractivity contribution < 1.29 is 11.6 Å². The lowest BCUT2D eigenvalue weighted by atomic mass is 9.34. The van der Waals surface area contributed by atoms with Gasteiger partial charge in [-0.3, -0.25) is 0 Å². The number of rotatable bonds is 10. The molecule has 17 rings (SSSR count). The lowest BCUT2D eigenvalue weighted by Crippen LogP contribution is -2.59. The van der Waals surface area contributed by atoms with E-state index in [2.05, 4.69) is 256 Å². The van der Waals surface area contributed by atoms with Crippen LogP contribution in [-0.4, -0.2) is 11.3 Å². The van der Waals surface area contributed by atoms with E-state index in [1.807, 2.05) is 42.5 Å². The van der Waals surface area contributed by atoms with E-state index in [1.54, 1.807) is 40.5 Å². The molecule has 97 heavy (non-hydrogen) atoms. The molecule has 0 saturated heterocycles. The van der Waals surface area contributed by atoms with Gasteiger partial charge in [0.25, 0.3) is 6.71 Å². The van der Waals surface area contributed by atoms with Gasteiger partial charge in [0.2, 0.25) is 0 Å². The fourth-order valence-electron chi connectivity index (χ4n) is 14.6. The van der Waals surface area contributed by atoms with Crippen molar-refractivity contribution in [3.05, 3.63) is 307 Å². The van der Waals surface area contributed by atoms with Crippen LogP contribution in [0.4, 0.5) is 51.2 Å². The van der Waals surface area contributed by atoms with Gasteiger partial charge in [0.15, 0.2) is 0 Å². The molecule has 0 atom stereocenters. The molecule has 2 aromatic heterocycles. The highest BCUT2D eigenvalue weighted by Crippen LogP contribution is 2.55. The summed E-state index contributed by atoms with van der Waals surface area (Å²) in [5, 5.41) is 24.7. The summed E-state index contributed by atoms with van der Waals surface area (Å²) in [5.41, 5.74) is 19.2. The van der Waals surface area contributed by atoms with Gasteiger partial charge in [-0.25, -0.2) is 0 Å². The summed E-state index contributed by atoms with van der Waals surface area (Å²) < 4.78 is 58.0. The molecular weight excluding hydrogens is 1200 g/mol. The zero-order valence-electron chi connectivity index (χ0n) is 59.3. The zero-order valence-corrected chi connectivity index (χ0v) is 55.1. The Morgan fingerprint density at radius 1 is 0.464 bits per heavy atom. The second-order valence-electron chi connectivity index (χ2n) is 27.1. The minimum absolute atomic E-state index is 0.0586. The molecule has 2 aliphatic rings. The van der Waals surface area contributed by atoms with E-state index in [4.69, 9.17) is 8.85 Å². The van der Waals surface area contributed by atoms with Crippen LogP contribution in [0.25, 0.3) is 69.9 Å². The Bertz CT molecular complexity index is 5900. The van der Waals surface area contributed by atoms with Crippen LogP contribution in [0, 0.1) is 22.7 Å². The van der Waals surface area contributed by atoms with Gasteiger partial charge < -0.3 is 24.0 Å². The lowest BCUT2D eigenvalue weighted by Gasteiger charge is -2.43. The topological polar surface area (TPSA) is 71.5 Å². The van der Waals surface area contributed by atoms with Crippen molar-refractivity contribution in [2.45, 2.75) is 52.4 Å². The summed E-state index contributed by atoms with van der Waals surface area (Å²) in [6.45, 7) is 13.0. The van der Waals surface area contributed by atoms with Gasteiger partial charge in [-0.15, -0.1) is 11.3 Å². The Morgan fingerprint density at radius 2 is 1.00 bits per heavy atom. The fourth-order valence-corrected chi connectivity index (χ4v) is 15.9. The maximum atomic E-state index is 10.3. The Balaban J connectivity index is 1.05. The molecule has 0 aliphatic carbocycles. The maximum absolute atomic E-state index is 10.3. The quantitative estimate of drug-likeness (QED) is 0.127. The largest absolute Gasteiger partial charge is 0.458 e. The van der Waals surface area contributed by atoms with Crippen molar-refractivity contribution in [1.29, 1.82) is 10.5 Å². The number of hydrogen-bond acceptors (Lipinski definition) is 7. The predicted octanol–water partition coefficient (Wildman–Crippen LogP) is 22.2. The smallest absolute Gasteiger partial charge is 0.258 e. The third-order valence-corrected chi connectivity index (χ3v) is 20.5. The lowest BCUT2D eigenvalue weighted by molar-refractivity contribution is 0.487. The number of aromatic nitrogens is 1. The number of para-hydroxylation sites is 3. The van der Waals surface area contributed by atoms with Gasteiger partial charge in [-0.1, -0.05) is 193 Å². The Labute approximate surface area is 576 Å². The minimum atomic E-state index is -0.534. The van der Waals surface area contributed by atoms with Crippen LogP contribution in [0.2, 0.25) is 0 Å². The van der Waals surface area contributed by atoms with Crippen molar-refractivity contribution in [2.24, 2.45) is 0 Å². The Kier molecular flexibility index (Phi) is 12.7. The Hall–Kier alpha value is -11.9. The normalized spacial score (nSPS) is 13.2. The van der Waals surface area contributed by atoms with Gasteiger partial charge in [0.1, 0.15) is 11.5 Å². The van der Waals surface area contributed by atoms with Gasteiger partial charge >= 0.3 is 0 Å². The summed E-state index contributed by atoms with van der Waals surface area (Å²) in [6.07, 6.45) is 0. The van der Waals surface area contributed by atoms with Crippen LogP contribution in [-0.2, 0) is 10.8 Å². The fraction of sp³-hybridized carbons (Fsp3) is 0.0909. The molecule has 13 aromatic carbocycles. The first-order chi connectivity index (χ1) is 49.4. The number of hydrogen-bond donors (Lipinski definition) is 0. The third kappa shape index (κ3) is 9.84. The molecule has 0 fully saturated rings. The molecule has 462 valence electrons. The first kappa shape index (κ1) is 53.5. The van der Waals surface area contributed by atoms with Gasteiger partial charge in [-0.2, -0.15) is 10.5 Å². The predicted molar refractivity (Wildman–Crippen MR) is 407 cm³/mol. The molecular formula is C88H65BN6OS. The van der Waals surface area contributed by atoms with E-state index in [0.717, 1.165) is 120 Å². The van der Waals surface area contributed by atoms with Crippen molar-refractivity contribution in [3.8, 4) is 51.6 Å². The zero-order chi connectivity index (χ0) is 70.2. The number of thiophene rings is 1. The molecule has 0 unspecified atom stereocenters. The van der Waals surface area contributed by atoms with E-state index < -0.39 is 24.8 Å². The van der Waals surface area contributed by atoms with E-state index >= 15 is 0 Å². The molecule has 0 amide bonds. The highest BCUT2D eigenvalue weighted by Gasteiger charge is 2.46. The van der Waals surface area contributed by atoms with Crippen LogP contribution in [0.5, 0.6) is 11.5 Å². The third-order valence-electron chi connectivity index (χ3n) is 19.3.